The van der Waals surface area contributed by atoms with Gasteiger partial charge in [-0.3, -0.25) is 4.72 Å². The van der Waals surface area contributed by atoms with Gasteiger partial charge in [0.1, 0.15) is 5.76 Å². The minimum atomic E-state index is -3.74. The van der Waals surface area contributed by atoms with Crippen LogP contribution in [0.5, 0.6) is 0 Å². The van der Waals surface area contributed by atoms with E-state index in [9.17, 15) is 16.8 Å². The molecule has 0 bridgehead atoms. The van der Waals surface area contributed by atoms with Gasteiger partial charge >= 0.3 is 0 Å². The Kier molecular flexibility index (Phi) is 5.07. The molecule has 2 N–H and O–H groups in total. The number of aromatic nitrogens is 1. The number of benzene rings is 1. The number of anilines is 1. The molecule has 0 aliphatic carbocycles. The highest BCUT2D eigenvalue weighted by molar-refractivity contribution is 7.92. The first-order chi connectivity index (χ1) is 10.7. The maximum Gasteiger partial charge on any atom is 0.240 e. The summed E-state index contributed by atoms with van der Waals surface area (Å²) < 4.78 is 57.0. The van der Waals surface area contributed by atoms with Crippen molar-refractivity contribution >= 4 is 25.9 Å². The molecule has 2 aromatic rings. The van der Waals surface area contributed by atoms with Crippen LogP contribution in [0.3, 0.4) is 0 Å². The van der Waals surface area contributed by atoms with Gasteiger partial charge in [-0.05, 0) is 26.0 Å². The molecule has 0 atom stereocenters. The quantitative estimate of drug-likeness (QED) is 0.762. The maximum atomic E-state index is 12.0. The van der Waals surface area contributed by atoms with E-state index in [1.165, 1.54) is 18.2 Å². The highest BCUT2D eigenvalue weighted by Crippen LogP contribution is 2.11. The Morgan fingerprint density at radius 3 is 2.30 bits per heavy atom. The first kappa shape index (κ1) is 17.4. The van der Waals surface area contributed by atoms with Crippen molar-refractivity contribution < 1.29 is 21.4 Å². The average molecular weight is 359 g/mol. The lowest BCUT2D eigenvalue weighted by molar-refractivity contribution is 0.400. The molecule has 126 valence electrons. The summed E-state index contributed by atoms with van der Waals surface area (Å²) in [5.74, 6) is 0.0935. The molecule has 0 fully saturated rings. The van der Waals surface area contributed by atoms with E-state index in [1.54, 1.807) is 19.1 Å². The van der Waals surface area contributed by atoms with Gasteiger partial charge in [0.2, 0.25) is 20.0 Å². The van der Waals surface area contributed by atoms with Crippen molar-refractivity contribution in [3.63, 3.8) is 0 Å². The molecule has 0 aliphatic heterocycles. The largest absolute Gasteiger partial charge is 0.360 e. The Morgan fingerprint density at radius 1 is 1.09 bits per heavy atom. The molecule has 0 spiro atoms. The molecule has 23 heavy (non-hydrogen) atoms. The fourth-order valence-electron chi connectivity index (χ4n) is 1.74. The molecular weight excluding hydrogens is 342 g/mol. The Bertz CT molecular complexity index is 871. The second-order valence-electron chi connectivity index (χ2n) is 4.95. The van der Waals surface area contributed by atoms with Crippen molar-refractivity contribution in [2.24, 2.45) is 0 Å². The number of nitrogens with one attached hydrogen (secondary N) is 2. The molecule has 0 unspecified atom stereocenters. The minimum absolute atomic E-state index is 0.0592. The molecule has 1 heterocycles. The monoisotopic (exact) mass is 359 g/mol. The molecule has 0 saturated carbocycles. The van der Waals surface area contributed by atoms with Crippen molar-refractivity contribution in [1.29, 1.82) is 0 Å². The molecule has 10 heteroatoms. The Hall–Kier alpha value is -1.91. The van der Waals surface area contributed by atoms with E-state index in [-0.39, 0.29) is 17.3 Å². The van der Waals surface area contributed by atoms with Crippen LogP contribution in [0.25, 0.3) is 0 Å². The molecule has 8 nitrogen and oxygen atoms in total. The van der Waals surface area contributed by atoms with Crippen LogP contribution < -0.4 is 9.44 Å². The second-order valence-corrected chi connectivity index (χ2v) is 8.56. The van der Waals surface area contributed by atoms with E-state index < -0.39 is 25.8 Å². The second kappa shape index (κ2) is 6.69. The van der Waals surface area contributed by atoms with Gasteiger partial charge in [0.05, 0.1) is 10.6 Å². The zero-order valence-corrected chi connectivity index (χ0v) is 14.2. The predicted molar refractivity (Wildman–Crippen MR) is 85.0 cm³/mol. The van der Waals surface area contributed by atoms with Crippen LogP contribution in [0, 0.1) is 13.8 Å². The number of sulfonamides is 2. The van der Waals surface area contributed by atoms with Crippen LogP contribution in [-0.2, 0) is 20.0 Å². The summed E-state index contributed by atoms with van der Waals surface area (Å²) >= 11 is 0. The lowest BCUT2D eigenvalue weighted by atomic mass is 10.2. The summed E-state index contributed by atoms with van der Waals surface area (Å²) in [5.41, 5.74) is 0.929. The van der Waals surface area contributed by atoms with E-state index in [4.69, 9.17) is 4.52 Å². The van der Waals surface area contributed by atoms with Gasteiger partial charge in [-0.1, -0.05) is 22.9 Å². The fourth-order valence-corrected chi connectivity index (χ4v) is 3.78. The third-order valence-corrected chi connectivity index (χ3v) is 5.62. The molecule has 1 aromatic carbocycles. The molecule has 0 amide bonds. The Morgan fingerprint density at radius 2 is 1.74 bits per heavy atom. The summed E-state index contributed by atoms with van der Waals surface area (Å²) in [5, 5.41) is 3.51. The van der Waals surface area contributed by atoms with Crippen LogP contribution in [-0.4, -0.2) is 34.3 Å². The molecule has 2 rings (SSSR count). The zero-order chi connectivity index (χ0) is 17.1. The molecule has 0 aliphatic rings. The van der Waals surface area contributed by atoms with Gasteiger partial charge in [0.25, 0.3) is 0 Å². The topological polar surface area (TPSA) is 118 Å². The smallest absolute Gasteiger partial charge is 0.240 e. The van der Waals surface area contributed by atoms with E-state index in [0.717, 1.165) is 5.56 Å². The van der Waals surface area contributed by atoms with Crippen LogP contribution in [0.2, 0.25) is 0 Å². The van der Waals surface area contributed by atoms with Crippen molar-refractivity contribution in [2.45, 2.75) is 18.7 Å². The number of nitrogens with zero attached hydrogens (tertiary/aromatic N) is 1. The zero-order valence-electron chi connectivity index (χ0n) is 12.6. The first-order valence-electron chi connectivity index (χ1n) is 6.68. The summed E-state index contributed by atoms with van der Waals surface area (Å²) in [6.07, 6.45) is 0. The van der Waals surface area contributed by atoms with Gasteiger partial charge in [0, 0.05) is 12.6 Å². The standard InChI is InChI=1S/C13H17N3O5S2/c1-10-3-5-12(6-4-10)23(19,20)14-7-8-22(17,18)16-13-9-11(2)21-15-13/h3-6,9,14H,7-8H2,1-2H3,(H,15,16). The molecule has 0 saturated heterocycles. The third-order valence-electron chi connectivity index (χ3n) is 2.88. The van der Waals surface area contributed by atoms with Crippen LogP contribution in [0.15, 0.2) is 39.8 Å². The van der Waals surface area contributed by atoms with Crippen molar-refractivity contribution in [3.8, 4) is 0 Å². The lowest BCUT2D eigenvalue weighted by Crippen LogP contribution is -2.31. The van der Waals surface area contributed by atoms with Gasteiger partial charge in [-0.2, -0.15) is 0 Å². The highest BCUT2D eigenvalue weighted by Gasteiger charge is 2.17. The van der Waals surface area contributed by atoms with Crippen LogP contribution in [0.1, 0.15) is 11.3 Å². The lowest BCUT2D eigenvalue weighted by Gasteiger charge is -2.08. The van der Waals surface area contributed by atoms with Crippen molar-refractivity contribution in [3.05, 3.63) is 41.7 Å². The van der Waals surface area contributed by atoms with Crippen molar-refractivity contribution in [1.82, 2.24) is 9.88 Å². The summed E-state index contributed by atoms with van der Waals surface area (Å²) in [4.78, 5) is 0.0839. The molecular formula is C13H17N3O5S2. The van der Waals surface area contributed by atoms with Crippen LogP contribution in [0.4, 0.5) is 5.82 Å². The number of rotatable bonds is 7. The first-order valence-corrected chi connectivity index (χ1v) is 9.82. The number of aryl methyl sites for hydroxylation is 2. The van der Waals surface area contributed by atoms with Gasteiger partial charge in [-0.25, -0.2) is 21.6 Å². The van der Waals surface area contributed by atoms with E-state index in [1.807, 2.05) is 6.92 Å². The van der Waals surface area contributed by atoms with Gasteiger partial charge in [-0.15, -0.1) is 0 Å². The fraction of sp³-hybridized carbons (Fsp3) is 0.308. The summed E-state index contributed by atoms with van der Waals surface area (Å²) in [7, 11) is -7.48. The van der Waals surface area contributed by atoms with Gasteiger partial charge < -0.3 is 4.52 Å². The predicted octanol–water partition coefficient (Wildman–Crippen LogP) is 1.01. The Labute approximate surface area is 135 Å². The molecule has 0 radical (unpaired) electrons. The van der Waals surface area contributed by atoms with E-state index in [2.05, 4.69) is 14.6 Å². The number of hydrogen-bond donors (Lipinski definition) is 2. The molecule has 1 aromatic heterocycles. The maximum absolute atomic E-state index is 12.0. The highest BCUT2D eigenvalue weighted by atomic mass is 32.2. The third kappa shape index (κ3) is 5.05. The minimum Gasteiger partial charge on any atom is -0.360 e. The summed E-state index contributed by atoms with van der Waals surface area (Å²) in [6, 6.07) is 7.68. The van der Waals surface area contributed by atoms with E-state index >= 15 is 0 Å². The van der Waals surface area contributed by atoms with E-state index in [0.29, 0.717) is 5.76 Å². The summed E-state index contributed by atoms with van der Waals surface area (Å²) in [6.45, 7) is 3.20. The van der Waals surface area contributed by atoms with Crippen LogP contribution >= 0.6 is 0 Å². The average Bonchev–Trinajstić information content (AvgIpc) is 2.83. The van der Waals surface area contributed by atoms with Gasteiger partial charge in [0.15, 0.2) is 5.82 Å². The Balaban J connectivity index is 1.94. The normalized spacial score (nSPS) is 12.3. The number of hydrogen-bond acceptors (Lipinski definition) is 6. The van der Waals surface area contributed by atoms with Crippen molar-refractivity contribution in [2.75, 3.05) is 17.0 Å². The SMILES string of the molecule is Cc1ccc(S(=O)(=O)NCCS(=O)(=O)Nc2cc(C)on2)cc1.